The molecular formula is C18H17NO3. The molecule has 1 N–H and O–H groups in total. The highest BCUT2D eigenvalue weighted by atomic mass is 16.5. The average molecular weight is 295 g/mol. The van der Waals surface area contributed by atoms with Gasteiger partial charge in [-0.05, 0) is 36.8 Å². The number of Topliss-reactive ketones (excluding diaryl/α,β-unsaturated/α-hetero) is 1. The molecule has 0 heterocycles. The zero-order valence-electron chi connectivity index (χ0n) is 12.5. The molecule has 0 aliphatic carbocycles. The van der Waals surface area contributed by atoms with E-state index in [0.29, 0.717) is 17.0 Å². The second-order valence-electron chi connectivity index (χ2n) is 4.70. The van der Waals surface area contributed by atoms with Crippen LogP contribution in [0, 0.1) is 0 Å². The number of amides is 1. The molecule has 0 saturated heterocycles. The fraction of sp³-hybridized carbons (Fsp3) is 0.111. The van der Waals surface area contributed by atoms with Gasteiger partial charge in [0.25, 0.3) is 0 Å². The fourth-order valence-corrected chi connectivity index (χ4v) is 1.94. The minimum absolute atomic E-state index is 0.0713. The maximum atomic E-state index is 12.0. The van der Waals surface area contributed by atoms with E-state index >= 15 is 0 Å². The Balaban J connectivity index is 2.15. The van der Waals surface area contributed by atoms with Crippen LogP contribution in [-0.4, -0.2) is 18.8 Å². The molecule has 1 amide bonds. The van der Waals surface area contributed by atoms with Crippen LogP contribution >= 0.6 is 0 Å². The van der Waals surface area contributed by atoms with Crippen molar-refractivity contribution >= 4 is 23.5 Å². The number of hydrogen-bond donors (Lipinski definition) is 1. The summed E-state index contributed by atoms with van der Waals surface area (Å²) in [6, 6.07) is 14.4. The molecule has 4 heteroatoms. The Morgan fingerprint density at radius 1 is 1.09 bits per heavy atom. The minimum atomic E-state index is -0.289. The van der Waals surface area contributed by atoms with E-state index in [1.54, 1.807) is 24.3 Å². The van der Waals surface area contributed by atoms with Crippen molar-refractivity contribution in [1.29, 1.82) is 0 Å². The van der Waals surface area contributed by atoms with Crippen LogP contribution in [-0.2, 0) is 4.79 Å². The molecule has 4 nitrogen and oxygen atoms in total. The summed E-state index contributed by atoms with van der Waals surface area (Å²) in [5.74, 6) is 0.146. The molecule has 0 fully saturated rings. The van der Waals surface area contributed by atoms with Gasteiger partial charge in [0.05, 0.1) is 12.8 Å². The Morgan fingerprint density at radius 2 is 1.82 bits per heavy atom. The van der Waals surface area contributed by atoms with E-state index in [1.807, 2.05) is 30.3 Å². The topological polar surface area (TPSA) is 55.4 Å². The number of ketones is 1. The normalized spacial score (nSPS) is 10.5. The average Bonchev–Trinajstić information content (AvgIpc) is 2.53. The van der Waals surface area contributed by atoms with E-state index < -0.39 is 0 Å². The van der Waals surface area contributed by atoms with E-state index in [9.17, 15) is 9.59 Å². The van der Waals surface area contributed by atoms with Gasteiger partial charge in [-0.15, -0.1) is 0 Å². The Kier molecular flexibility index (Phi) is 5.09. The molecule has 0 radical (unpaired) electrons. The zero-order chi connectivity index (χ0) is 15.9. The first-order valence-electron chi connectivity index (χ1n) is 6.83. The summed E-state index contributed by atoms with van der Waals surface area (Å²) in [6.07, 6.45) is 3.16. The number of carbonyl (C=O) groups excluding carboxylic acids is 2. The summed E-state index contributed by atoms with van der Waals surface area (Å²) < 4.78 is 5.19. The molecule has 2 rings (SSSR count). The van der Waals surface area contributed by atoms with Crippen molar-refractivity contribution in [2.45, 2.75) is 6.92 Å². The van der Waals surface area contributed by atoms with Crippen molar-refractivity contribution in [3.05, 3.63) is 65.7 Å². The quantitative estimate of drug-likeness (QED) is 0.678. The highest BCUT2D eigenvalue weighted by Crippen LogP contribution is 2.25. The lowest BCUT2D eigenvalue weighted by molar-refractivity contribution is -0.111. The molecule has 0 aliphatic heterocycles. The molecule has 2 aromatic carbocycles. The molecule has 0 saturated carbocycles. The van der Waals surface area contributed by atoms with Gasteiger partial charge < -0.3 is 10.1 Å². The first-order chi connectivity index (χ1) is 10.6. The predicted octanol–water partition coefficient (Wildman–Crippen LogP) is 3.55. The van der Waals surface area contributed by atoms with Gasteiger partial charge in [0.2, 0.25) is 5.91 Å². The number of nitrogens with one attached hydrogen (secondary N) is 1. The van der Waals surface area contributed by atoms with E-state index in [0.717, 1.165) is 5.56 Å². The van der Waals surface area contributed by atoms with E-state index in [2.05, 4.69) is 5.32 Å². The third-order valence-electron chi connectivity index (χ3n) is 3.09. The van der Waals surface area contributed by atoms with Crippen LogP contribution in [0.1, 0.15) is 22.8 Å². The summed E-state index contributed by atoms with van der Waals surface area (Å²) in [6.45, 7) is 1.47. The zero-order valence-corrected chi connectivity index (χ0v) is 12.5. The Hall–Kier alpha value is -2.88. The third kappa shape index (κ3) is 4.06. The van der Waals surface area contributed by atoms with Gasteiger partial charge in [0.15, 0.2) is 5.78 Å². The van der Waals surface area contributed by atoms with Gasteiger partial charge in [0.1, 0.15) is 5.75 Å². The monoisotopic (exact) mass is 295 g/mol. The summed E-state index contributed by atoms with van der Waals surface area (Å²) in [5, 5.41) is 2.72. The number of benzene rings is 2. The van der Waals surface area contributed by atoms with Crippen molar-refractivity contribution < 1.29 is 14.3 Å². The van der Waals surface area contributed by atoms with E-state index in [4.69, 9.17) is 4.74 Å². The molecule has 0 spiro atoms. The second kappa shape index (κ2) is 7.22. The Labute approximate surface area is 129 Å². The van der Waals surface area contributed by atoms with Gasteiger partial charge in [-0.1, -0.05) is 30.3 Å². The van der Waals surface area contributed by atoms with Gasteiger partial charge >= 0.3 is 0 Å². The molecule has 0 aliphatic rings. The Morgan fingerprint density at radius 3 is 2.45 bits per heavy atom. The van der Waals surface area contributed by atoms with E-state index in [-0.39, 0.29) is 11.7 Å². The molecule has 0 aromatic heterocycles. The molecule has 0 unspecified atom stereocenters. The summed E-state index contributed by atoms with van der Waals surface area (Å²) in [5.41, 5.74) is 1.92. The summed E-state index contributed by atoms with van der Waals surface area (Å²) in [4.78, 5) is 23.4. The van der Waals surface area contributed by atoms with Crippen molar-refractivity contribution in [3.8, 4) is 5.75 Å². The van der Waals surface area contributed by atoms with Crippen molar-refractivity contribution in [1.82, 2.24) is 0 Å². The molecular weight excluding hydrogens is 278 g/mol. The minimum Gasteiger partial charge on any atom is -0.495 e. The summed E-state index contributed by atoms with van der Waals surface area (Å²) in [7, 11) is 1.51. The first-order valence-corrected chi connectivity index (χ1v) is 6.83. The largest absolute Gasteiger partial charge is 0.495 e. The number of rotatable bonds is 5. The van der Waals surface area contributed by atoms with Gasteiger partial charge in [0, 0.05) is 11.6 Å². The van der Waals surface area contributed by atoms with Crippen LogP contribution in [0.25, 0.3) is 6.08 Å². The molecule has 22 heavy (non-hydrogen) atoms. The SMILES string of the molecule is COc1ccc(C(C)=O)cc1NC(=O)/C=C/c1ccccc1. The van der Waals surface area contributed by atoms with Crippen LogP contribution in [0.15, 0.2) is 54.6 Å². The number of methoxy groups -OCH3 is 1. The number of carbonyl (C=O) groups is 2. The summed E-state index contributed by atoms with van der Waals surface area (Å²) >= 11 is 0. The van der Waals surface area contributed by atoms with Gasteiger partial charge in [-0.2, -0.15) is 0 Å². The standard InChI is InChI=1S/C18H17NO3/c1-13(20)15-9-10-17(22-2)16(12-15)19-18(21)11-8-14-6-4-3-5-7-14/h3-12H,1-2H3,(H,19,21)/b11-8+. The lowest BCUT2D eigenvalue weighted by atomic mass is 10.1. The molecule has 112 valence electrons. The van der Waals surface area contributed by atoms with Crippen molar-refractivity contribution in [2.75, 3.05) is 12.4 Å². The smallest absolute Gasteiger partial charge is 0.248 e. The Bertz CT molecular complexity index is 706. The van der Waals surface area contributed by atoms with Crippen LogP contribution in [0.2, 0.25) is 0 Å². The predicted molar refractivity (Wildman–Crippen MR) is 87.1 cm³/mol. The lowest BCUT2D eigenvalue weighted by Crippen LogP contribution is -2.09. The maximum absolute atomic E-state index is 12.0. The molecule has 2 aromatic rings. The number of anilines is 1. The highest BCUT2D eigenvalue weighted by Gasteiger charge is 2.09. The third-order valence-corrected chi connectivity index (χ3v) is 3.09. The molecule has 0 bridgehead atoms. The first kappa shape index (κ1) is 15.5. The van der Waals surface area contributed by atoms with Crippen LogP contribution < -0.4 is 10.1 Å². The number of ether oxygens (including phenoxy) is 1. The van der Waals surface area contributed by atoms with Crippen molar-refractivity contribution in [3.63, 3.8) is 0 Å². The van der Waals surface area contributed by atoms with Gasteiger partial charge in [-0.25, -0.2) is 0 Å². The lowest BCUT2D eigenvalue weighted by Gasteiger charge is -2.10. The van der Waals surface area contributed by atoms with Crippen LogP contribution in [0.4, 0.5) is 5.69 Å². The molecule has 0 atom stereocenters. The van der Waals surface area contributed by atoms with E-state index in [1.165, 1.54) is 20.1 Å². The number of hydrogen-bond acceptors (Lipinski definition) is 3. The van der Waals surface area contributed by atoms with Crippen LogP contribution in [0.3, 0.4) is 0 Å². The highest BCUT2D eigenvalue weighted by molar-refractivity contribution is 6.04. The van der Waals surface area contributed by atoms with Crippen LogP contribution in [0.5, 0.6) is 5.75 Å². The fourth-order valence-electron chi connectivity index (χ4n) is 1.94. The van der Waals surface area contributed by atoms with Crippen molar-refractivity contribution in [2.24, 2.45) is 0 Å². The maximum Gasteiger partial charge on any atom is 0.248 e. The second-order valence-corrected chi connectivity index (χ2v) is 4.70. The van der Waals surface area contributed by atoms with Gasteiger partial charge in [-0.3, -0.25) is 9.59 Å².